The van der Waals surface area contributed by atoms with Gasteiger partial charge in [-0.2, -0.15) is 0 Å². The van der Waals surface area contributed by atoms with Crippen LogP contribution in [0.3, 0.4) is 0 Å². The fraction of sp³-hybridized carbons (Fsp3) is 0.300. The third-order valence-electron chi connectivity index (χ3n) is 5.05. The summed E-state index contributed by atoms with van der Waals surface area (Å²) >= 11 is 5.74. The Bertz CT molecular complexity index is 993. The summed E-state index contributed by atoms with van der Waals surface area (Å²) in [7, 11) is 1.46. The SMILES string of the molecule is CNC(=O)c1ccc(N2CCC(C(=O)Nc3ccc(F)c(Cl)c3)CC2)c([N+](=O)[O-])c1. The number of amides is 2. The average molecular weight is 435 g/mol. The Morgan fingerprint density at radius 3 is 2.50 bits per heavy atom. The summed E-state index contributed by atoms with van der Waals surface area (Å²) in [5.41, 5.74) is 0.881. The molecule has 1 heterocycles. The van der Waals surface area contributed by atoms with Gasteiger partial charge in [-0.1, -0.05) is 11.6 Å². The van der Waals surface area contributed by atoms with Crippen LogP contribution in [-0.4, -0.2) is 36.9 Å². The molecule has 0 atom stereocenters. The summed E-state index contributed by atoms with van der Waals surface area (Å²) in [6.07, 6.45) is 0.990. The molecule has 2 aromatic carbocycles. The molecule has 1 saturated heterocycles. The number of nitrogens with one attached hydrogen (secondary N) is 2. The molecule has 0 radical (unpaired) electrons. The summed E-state index contributed by atoms with van der Waals surface area (Å²) in [5, 5.41) is 16.6. The molecule has 0 spiro atoms. The number of nitro groups is 1. The Kier molecular flexibility index (Phi) is 6.51. The predicted molar refractivity (Wildman–Crippen MR) is 111 cm³/mol. The number of carbonyl (C=O) groups is 2. The van der Waals surface area contributed by atoms with Crippen LogP contribution in [-0.2, 0) is 4.79 Å². The van der Waals surface area contributed by atoms with Crippen LogP contribution in [0.4, 0.5) is 21.5 Å². The van der Waals surface area contributed by atoms with E-state index in [2.05, 4.69) is 10.6 Å². The van der Waals surface area contributed by atoms with E-state index in [0.717, 1.165) is 0 Å². The maximum absolute atomic E-state index is 13.3. The molecule has 2 N–H and O–H groups in total. The molecule has 3 rings (SSSR count). The van der Waals surface area contributed by atoms with Crippen molar-refractivity contribution in [2.75, 3.05) is 30.4 Å². The quantitative estimate of drug-likeness (QED) is 0.552. The van der Waals surface area contributed by atoms with Crippen molar-refractivity contribution in [1.82, 2.24) is 5.32 Å². The first-order chi connectivity index (χ1) is 14.3. The number of benzene rings is 2. The lowest BCUT2D eigenvalue weighted by Gasteiger charge is -2.32. The van der Waals surface area contributed by atoms with Crippen LogP contribution in [0, 0.1) is 21.8 Å². The van der Waals surface area contributed by atoms with Crippen molar-refractivity contribution in [1.29, 1.82) is 0 Å². The first-order valence-electron chi connectivity index (χ1n) is 9.31. The van der Waals surface area contributed by atoms with E-state index < -0.39 is 16.6 Å². The topological polar surface area (TPSA) is 105 Å². The van der Waals surface area contributed by atoms with Crippen molar-refractivity contribution in [2.24, 2.45) is 5.92 Å². The first-order valence-corrected chi connectivity index (χ1v) is 9.69. The number of halogens is 2. The number of anilines is 2. The normalized spacial score (nSPS) is 14.3. The third kappa shape index (κ3) is 4.68. The maximum atomic E-state index is 13.3. The zero-order valence-electron chi connectivity index (χ0n) is 16.2. The summed E-state index contributed by atoms with van der Waals surface area (Å²) < 4.78 is 13.3. The van der Waals surface area contributed by atoms with E-state index in [1.807, 2.05) is 4.90 Å². The number of nitrogens with zero attached hydrogens (tertiary/aromatic N) is 2. The molecular formula is C20H20ClFN4O4. The Morgan fingerprint density at radius 1 is 1.20 bits per heavy atom. The lowest BCUT2D eigenvalue weighted by Crippen LogP contribution is -2.38. The second kappa shape index (κ2) is 9.08. The molecule has 1 fully saturated rings. The van der Waals surface area contributed by atoms with E-state index >= 15 is 0 Å². The van der Waals surface area contributed by atoms with Crippen LogP contribution >= 0.6 is 11.6 Å². The molecule has 1 aliphatic rings. The highest BCUT2D eigenvalue weighted by Crippen LogP contribution is 2.33. The summed E-state index contributed by atoms with van der Waals surface area (Å²) in [5.74, 6) is -1.45. The number of piperidine rings is 1. The largest absolute Gasteiger partial charge is 0.366 e. The van der Waals surface area contributed by atoms with Gasteiger partial charge in [0.15, 0.2) is 0 Å². The van der Waals surface area contributed by atoms with Gasteiger partial charge in [-0.15, -0.1) is 0 Å². The molecule has 1 aliphatic heterocycles. The smallest absolute Gasteiger partial charge is 0.293 e. The van der Waals surface area contributed by atoms with Gasteiger partial charge in [0.2, 0.25) is 5.91 Å². The molecule has 0 saturated carbocycles. The molecule has 158 valence electrons. The van der Waals surface area contributed by atoms with Crippen LogP contribution in [0.1, 0.15) is 23.2 Å². The van der Waals surface area contributed by atoms with Gasteiger partial charge in [-0.3, -0.25) is 19.7 Å². The molecular weight excluding hydrogens is 415 g/mol. The van der Waals surface area contributed by atoms with Crippen LogP contribution in [0.2, 0.25) is 5.02 Å². The highest BCUT2D eigenvalue weighted by molar-refractivity contribution is 6.31. The van der Waals surface area contributed by atoms with Crippen molar-refractivity contribution in [3.63, 3.8) is 0 Å². The zero-order valence-corrected chi connectivity index (χ0v) is 16.9. The Balaban J connectivity index is 1.67. The number of carbonyl (C=O) groups excluding carboxylic acids is 2. The summed E-state index contributed by atoms with van der Waals surface area (Å²) in [6.45, 7) is 0.894. The number of hydrogen-bond acceptors (Lipinski definition) is 5. The molecule has 0 bridgehead atoms. The Hall–Kier alpha value is -3.20. The molecule has 2 amide bonds. The van der Waals surface area contributed by atoms with Gasteiger partial charge in [-0.25, -0.2) is 4.39 Å². The first kappa shape index (κ1) is 21.5. The molecule has 8 nitrogen and oxygen atoms in total. The third-order valence-corrected chi connectivity index (χ3v) is 5.34. The zero-order chi connectivity index (χ0) is 21.8. The maximum Gasteiger partial charge on any atom is 0.293 e. The van der Waals surface area contributed by atoms with Crippen molar-refractivity contribution in [2.45, 2.75) is 12.8 Å². The summed E-state index contributed by atoms with van der Waals surface area (Å²) in [4.78, 5) is 37.1. The molecule has 0 unspecified atom stereocenters. The standard InChI is InChI=1S/C20H20ClFN4O4/c1-23-19(27)13-2-5-17(18(10-13)26(29)30)25-8-6-12(7-9-25)20(28)24-14-3-4-16(22)15(21)11-14/h2-5,10-12H,6-9H2,1H3,(H,23,27)(H,24,28). The molecule has 0 aliphatic carbocycles. The minimum Gasteiger partial charge on any atom is -0.366 e. The van der Waals surface area contributed by atoms with Crippen molar-refractivity contribution < 1.29 is 18.9 Å². The second-order valence-corrected chi connectivity index (χ2v) is 7.33. The van der Waals surface area contributed by atoms with Gasteiger partial charge in [-0.05, 0) is 43.2 Å². The molecule has 10 heteroatoms. The highest BCUT2D eigenvalue weighted by Gasteiger charge is 2.29. The van der Waals surface area contributed by atoms with Gasteiger partial charge >= 0.3 is 0 Å². The Labute approximate surface area is 177 Å². The minimum absolute atomic E-state index is 0.0740. The molecule has 0 aromatic heterocycles. The van der Waals surface area contributed by atoms with Crippen LogP contribution in [0.5, 0.6) is 0 Å². The lowest BCUT2D eigenvalue weighted by atomic mass is 9.95. The number of rotatable bonds is 5. The summed E-state index contributed by atoms with van der Waals surface area (Å²) in [6, 6.07) is 8.32. The van der Waals surface area contributed by atoms with E-state index in [9.17, 15) is 24.1 Å². The monoisotopic (exact) mass is 434 g/mol. The fourth-order valence-corrected chi connectivity index (χ4v) is 3.60. The van der Waals surface area contributed by atoms with E-state index in [4.69, 9.17) is 11.6 Å². The predicted octanol–water partition coefficient (Wildman–Crippen LogP) is 3.60. The molecule has 2 aromatic rings. The fourth-order valence-electron chi connectivity index (χ4n) is 3.42. The van der Waals surface area contributed by atoms with Crippen LogP contribution < -0.4 is 15.5 Å². The number of nitro benzene ring substituents is 1. The highest BCUT2D eigenvalue weighted by atomic mass is 35.5. The van der Waals surface area contributed by atoms with Gasteiger partial charge in [0.1, 0.15) is 11.5 Å². The number of hydrogen-bond donors (Lipinski definition) is 2. The van der Waals surface area contributed by atoms with Crippen molar-refractivity contribution in [3.8, 4) is 0 Å². The second-order valence-electron chi connectivity index (χ2n) is 6.92. The van der Waals surface area contributed by atoms with Crippen LogP contribution in [0.25, 0.3) is 0 Å². The van der Waals surface area contributed by atoms with E-state index in [1.165, 1.54) is 37.4 Å². The van der Waals surface area contributed by atoms with Crippen LogP contribution in [0.15, 0.2) is 36.4 Å². The van der Waals surface area contributed by atoms with E-state index in [1.54, 1.807) is 6.07 Å². The van der Waals surface area contributed by atoms with Gasteiger partial charge in [0.05, 0.1) is 9.95 Å². The van der Waals surface area contributed by atoms with Crippen molar-refractivity contribution >= 4 is 40.5 Å². The lowest BCUT2D eigenvalue weighted by molar-refractivity contribution is -0.384. The van der Waals surface area contributed by atoms with E-state index in [-0.39, 0.29) is 28.1 Å². The minimum atomic E-state index is -0.563. The van der Waals surface area contributed by atoms with Gasteiger partial charge in [0.25, 0.3) is 11.6 Å². The van der Waals surface area contributed by atoms with Crippen molar-refractivity contribution in [3.05, 3.63) is 62.9 Å². The van der Waals surface area contributed by atoms with Gasteiger partial charge in [0, 0.05) is 43.4 Å². The van der Waals surface area contributed by atoms with Gasteiger partial charge < -0.3 is 15.5 Å². The average Bonchev–Trinajstić information content (AvgIpc) is 2.75. The molecule has 30 heavy (non-hydrogen) atoms. The van der Waals surface area contributed by atoms with E-state index in [0.29, 0.717) is 37.3 Å². The Morgan fingerprint density at radius 2 is 1.90 bits per heavy atom.